The zero-order valence-electron chi connectivity index (χ0n) is 23.1. The molecule has 3 rings (SSSR count). The van der Waals surface area contributed by atoms with Crippen LogP contribution in [0.1, 0.15) is 71.5 Å². The molecule has 6 heteroatoms. The number of esters is 1. The van der Waals surface area contributed by atoms with Crippen molar-refractivity contribution in [3.05, 3.63) is 48.0 Å². The Morgan fingerprint density at radius 2 is 1.72 bits per heavy atom. The fourth-order valence-corrected chi connectivity index (χ4v) is 5.74. The lowest BCUT2D eigenvalue weighted by atomic mass is 9.78. The molecule has 2 aliphatic heterocycles. The predicted octanol–water partition coefficient (Wildman–Crippen LogP) is 5.90. The molecule has 0 aromatic heterocycles. The van der Waals surface area contributed by atoms with E-state index in [-0.39, 0.29) is 48.5 Å². The summed E-state index contributed by atoms with van der Waals surface area (Å²) in [6.45, 7) is 8.20. The highest BCUT2D eigenvalue weighted by molar-refractivity contribution is 5.79. The SMILES string of the molecule is CO[C@@H](CCCC[C@H](OC)[C@@H](/C=C/[C@H](C)[C@@H]1O[C@H]2[C@@H](C[C@@H]1C)OC(=O)C2(C)C)OC)c1ccccc1. The van der Waals surface area contributed by atoms with Crippen molar-refractivity contribution in [1.82, 2.24) is 0 Å². The minimum Gasteiger partial charge on any atom is -0.459 e. The second-order valence-electron chi connectivity index (χ2n) is 11.0. The van der Waals surface area contributed by atoms with E-state index in [2.05, 4.69) is 50.3 Å². The van der Waals surface area contributed by atoms with Crippen LogP contribution < -0.4 is 0 Å². The van der Waals surface area contributed by atoms with Crippen molar-refractivity contribution >= 4 is 5.97 Å². The van der Waals surface area contributed by atoms with Crippen LogP contribution in [-0.2, 0) is 28.5 Å². The Hall–Kier alpha value is -1.73. The van der Waals surface area contributed by atoms with E-state index in [1.54, 1.807) is 21.3 Å². The van der Waals surface area contributed by atoms with Gasteiger partial charge in [0, 0.05) is 27.2 Å². The molecule has 36 heavy (non-hydrogen) atoms. The van der Waals surface area contributed by atoms with Crippen LogP contribution in [0.5, 0.6) is 0 Å². The Bertz CT molecular complexity index is 837. The molecule has 0 radical (unpaired) electrons. The van der Waals surface area contributed by atoms with Gasteiger partial charge in [-0.3, -0.25) is 4.79 Å². The van der Waals surface area contributed by atoms with Gasteiger partial charge in [-0.1, -0.05) is 69.2 Å². The maximum Gasteiger partial charge on any atom is 0.314 e. The van der Waals surface area contributed by atoms with Gasteiger partial charge in [0.1, 0.15) is 18.3 Å². The van der Waals surface area contributed by atoms with Gasteiger partial charge in [-0.25, -0.2) is 0 Å². The van der Waals surface area contributed by atoms with Crippen molar-refractivity contribution < 1.29 is 28.5 Å². The molecule has 0 N–H and O–H groups in total. The molecule has 0 amide bonds. The minimum absolute atomic E-state index is 0.0231. The number of ether oxygens (including phenoxy) is 5. The number of benzene rings is 1. The van der Waals surface area contributed by atoms with Gasteiger partial charge in [0.25, 0.3) is 0 Å². The third-order valence-corrected chi connectivity index (χ3v) is 8.03. The van der Waals surface area contributed by atoms with Crippen LogP contribution in [0, 0.1) is 17.3 Å². The van der Waals surface area contributed by atoms with E-state index >= 15 is 0 Å². The summed E-state index contributed by atoms with van der Waals surface area (Å²) in [6, 6.07) is 10.4. The van der Waals surface area contributed by atoms with E-state index in [1.807, 2.05) is 19.9 Å². The predicted molar refractivity (Wildman–Crippen MR) is 141 cm³/mol. The topological polar surface area (TPSA) is 63.2 Å². The number of carbonyl (C=O) groups is 1. The fraction of sp³-hybridized carbons (Fsp3) is 0.700. The normalized spacial score (nSPS) is 28.9. The molecular formula is C30H46O6. The number of carbonyl (C=O) groups excluding carboxylic acids is 1. The highest BCUT2D eigenvalue weighted by Gasteiger charge is 2.56. The molecule has 6 nitrogen and oxygen atoms in total. The van der Waals surface area contributed by atoms with Crippen LogP contribution >= 0.6 is 0 Å². The lowest BCUT2D eigenvalue weighted by molar-refractivity contribution is -0.152. The molecule has 1 aromatic rings. The van der Waals surface area contributed by atoms with Gasteiger partial charge >= 0.3 is 5.97 Å². The highest BCUT2D eigenvalue weighted by atomic mass is 16.6. The first-order valence-corrected chi connectivity index (χ1v) is 13.4. The Morgan fingerprint density at radius 3 is 2.36 bits per heavy atom. The van der Waals surface area contributed by atoms with Gasteiger partial charge in [0.15, 0.2) is 0 Å². The van der Waals surface area contributed by atoms with E-state index in [9.17, 15) is 4.79 Å². The molecule has 0 bridgehead atoms. The Balaban J connectivity index is 1.52. The summed E-state index contributed by atoms with van der Waals surface area (Å²) in [5, 5.41) is 0. The first-order valence-electron chi connectivity index (χ1n) is 13.4. The van der Waals surface area contributed by atoms with Crippen molar-refractivity contribution in [2.75, 3.05) is 21.3 Å². The Labute approximate surface area is 217 Å². The summed E-state index contributed by atoms with van der Waals surface area (Å²) >= 11 is 0. The molecule has 0 aliphatic carbocycles. The quantitative estimate of drug-likeness (QED) is 0.190. The summed E-state index contributed by atoms with van der Waals surface area (Å²) < 4.78 is 29.4. The summed E-state index contributed by atoms with van der Waals surface area (Å²) in [6.07, 6.45) is 8.75. The minimum atomic E-state index is -0.606. The average molecular weight is 503 g/mol. The standard InChI is InChI=1S/C30H46O6/c1-20(27-21(2)19-26-28(36-27)30(3,4)29(31)35-26)17-18-25(34-7)24(33-6)16-12-11-15-23(32-5)22-13-9-8-10-14-22/h8-10,13-14,17-18,20-21,23-28H,11-12,15-16,19H2,1-7H3/b18-17+/t20-,21-,23-,24-,25+,26+,27-,28-/m0/s1. The van der Waals surface area contributed by atoms with Gasteiger partial charge < -0.3 is 23.7 Å². The Kier molecular flexibility index (Phi) is 10.6. The van der Waals surface area contributed by atoms with Crippen LogP contribution in [-0.4, -0.2) is 57.8 Å². The van der Waals surface area contributed by atoms with E-state index in [1.165, 1.54) is 5.56 Å². The largest absolute Gasteiger partial charge is 0.459 e. The molecule has 2 saturated heterocycles. The second-order valence-corrected chi connectivity index (χ2v) is 11.0. The van der Waals surface area contributed by atoms with Crippen molar-refractivity contribution in [2.45, 2.75) is 96.4 Å². The number of methoxy groups -OCH3 is 3. The number of hydrogen-bond acceptors (Lipinski definition) is 6. The van der Waals surface area contributed by atoms with Crippen molar-refractivity contribution in [3.8, 4) is 0 Å². The smallest absolute Gasteiger partial charge is 0.314 e. The number of unbranched alkanes of at least 4 members (excludes halogenated alkanes) is 1. The molecule has 2 fully saturated rings. The summed E-state index contributed by atoms with van der Waals surface area (Å²) in [5.74, 6) is 0.317. The maximum atomic E-state index is 12.3. The van der Waals surface area contributed by atoms with Gasteiger partial charge in [-0.2, -0.15) is 0 Å². The average Bonchev–Trinajstić information content (AvgIpc) is 3.09. The molecule has 8 atom stereocenters. The van der Waals surface area contributed by atoms with Gasteiger partial charge in [-0.15, -0.1) is 0 Å². The monoisotopic (exact) mass is 502 g/mol. The summed E-state index contributed by atoms with van der Waals surface area (Å²) in [5.41, 5.74) is 0.614. The van der Waals surface area contributed by atoms with Gasteiger partial charge in [0.2, 0.25) is 0 Å². The molecule has 0 spiro atoms. The van der Waals surface area contributed by atoms with Gasteiger partial charge in [0.05, 0.1) is 23.7 Å². The molecule has 2 aliphatic rings. The molecule has 2 heterocycles. The lowest BCUT2D eigenvalue weighted by Crippen LogP contribution is -2.48. The van der Waals surface area contributed by atoms with Crippen molar-refractivity contribution in [3.63, 3.8) is 0 Å². The van der Waals surface area contributed by atoms with Crippen LogP contribution in [0.2, 0.25) is 0 Å². The van der Waals surface area contributed by atoms with E-state index in [0.29, 0.717) is 5.92 Å². The molecular weight excluding hydrogens is 456 g/mol. The first kappa shape index (κ1) is 28.8. The lowest BCUT2D eigenvalue weighted by Gasteiger charge is -2.41. The maximum absolute atomic E-state index is 12.3. The van der Waals surface area contributed by atoms with Crippen LogP contribution in [0.25, 0.3) is 0 Å². The van der Waals surface area contributed by atoms with E-state index < -0.39 is 5.41 Å². The highest BCUT2D eigenvalue weighted by Crippen LogP contribution is 2.44. The molecule has 202 valence electrons. The summed E-state index contributed by atoms with van der Waals surface area (Å²) in [4.78, 5) is 12.3. The first-order chi connectivity index (χ1) is 17.2. The van der Waals surface area contributed by atoms with Crippen molar-refractivity contribution in [2.24, 2.45) is 17.3 Å². The van der Waals surface area contributed by atoms with Crippen LogP contribution in [0.3, 0.4) is 0 Å². The molecule has 0 unspecified atom stereocenters. The Morgan fingerprint density at radius 1 is 1.03 bits per heavy atom. The van der Waals surface area contributed by atoms with E-state index in [4.69, 9.17) is 23.7 Å². The van der Waals surface area contributed by atoms with Crippen LogP contribution in [0.4, 0.5) is 0 Å². The molecule has 0 saturated carbocycles. The number of rotatable bonds is 13. The van der Waals surface area contributed by atoms with Crippen LogP contribution in [0.15, 0.2) is 42.5 Å². The van der Waals surface area contributed by atoms with Crippen molar-refractivity contribution in [1.29, 1.82) is 0 Å². The fourth-order valence-electron chi connectivity index (χ4n) is 5.74. The molecule has 1 aromatic carbocycles. The zero-order chi connectivity index (χ0) is 26.3. The third kappa shape index (κ3) is 6.77. The third-order valence-electron chi connectivity index (χ3n) is 8.03. The summed E-state index contributed by atoms with van der Waals surface area (Å²) in [7, 11) is 5.26. The second kappa shape index (κ2) is 13.2. The van der Waals surface area contributed by atoms with E-state index in [0.717, 1.165) is 32.1 Å². The van der Waals surface area contributed by atoms with Gasteiger partial charge in [-0.05, 0) is 44.6 Å². The zero-order valence-corrected chi connectivity index (χ0v) is 23.1. The number of fused-ring (bicyclic) bond motifs is 1. The number of hydrogen-bond donors (Lipinski definition) is 0.